The average molecular weight is 422 g/mol. The molecule has 30 heavy (non-hydrogen) atoms. The Labute approximate surface area is 174 Å². The number of H-pyrrole nitrogens is 1. The lowest BCUT2D eigenvalue weighted by atomic mass is 10.2. The summed E-state index contributed by atoms with van der Waals surface area (Å²) in [6, 6.07) is 12.5. The van der Waals surface area contributed by atoms with E-state index in [1.54, 1.807) is 18.2 Å². The van der Waals surface area contributed by atoms with Gasteiger partial charge in [-0.3, -0.25) is 9.78 Å². The highest BCUT2D eigenvalue weighted by atomic mass is 32.1. The van der Waals surface area contributed by atoms with Crippen LogP contribution in [-0.4, -0.2) is 32.5 Å². The normalized spacial score (nSPS) is 11.4. The fraction of sp³-hybridized carbons (Fsp3) is 0.143. The van der Waals surface area contributed by atoms with Crippen molar-refractivity contribution in [3.8, 4) is 17.3 Å². The van der Waals surface area contributed by atoms with Gasteiger partial charge in [-0.05, 0) is 49.7 Å². The van der Waals surface area contributed by atoms with Crippen LogP contribution in [0.5, 0.6) is 11.6 Å². The summed E-state index contributed by atoms with van der Waals surface area (Å²) < 4.78 is 7.40. The molecule has 4 rings (SSSR count). The van der Waals surface area contributed by atoms with E-state index < -0.39 is 17.1 Å². The summed E-state index contributed by atoms with van der Waals surface area (Å²) in [6.45, 7) is 4.34. The van der Waals surface area contributed by atoms with Gasteiger partial charge >= 0.3 is 5.69 Å². The Hall–Kier alpha value is -3.72. The topological polar surface area (TPSA) is 110 Å². The lowest BCUT2D eigenvalue weighted by Gasteiger charge is -2.09. The predicted molar refractivity (Wildman–Crippen MR) is 117 cm³/mol. The first-order valence-corrected chi connectivity index (χ1v) is 10.0. The van der Waals surface area contributed by atoms with Gasteiger partial charge in [0.1, 0.15) is 11.3 Å². The number of nitrogens with zero attached hydrogens (tertiary/aromatic N) is 3. The number of aryl methyl sites for hydroxylation is 1. The zero-order valence-electron chi connectivity index (χ0n) is 16.2. The zero-order valence-corrected chi connectivity index (χ0v) is 17.1. The van der Waals surface area contributed by atoms with Gasteiger partial charge < -0.3 is 9.84 Å². The molecule has 152 valence electrons. The van der Waals surface area contributed by atoms with Crippen molar-refractivity contribution < 1.29 is 9.84 Å². The van der Waals surface area contributed by atoms with Crippen LogP contribution in [0.1, 0.15) is 18.1 Å². The Morgan fingerprint density at radius 1 is 1.27 bits per heavy atom. The van der Waals surface area contributed by atoms with E-state index in [-0.39, 0.29) is 5.56 Å². The van der Waals surface area contributed by atoms with Crippen LogP contribution < -0.4 is 16.0 Å². The highest BCUT2D eigenvalue weighted by Crippen LogP contribution is 2.31. The number of fused-ring (bicyclic) bond motifs is 1. The summed E-state index contributed by atoms with van der Waals surface area (Å²) >= 11 is 1.32. The standard InChI is InChI=1S/C21H18N4O4S/c1-3-29-14-7-8-16-17(10-14)30-20(23-16)22-11-15-18(26)24-21(28)25(19(15)27)13-6-4-5-12(2)9-13/h4-11,27H,3H2,1-2H3,(H,24,26,28)/b22-11+. The minimum atomic E-state index is -0.733. The number of aromatic hydroxyl groups is 1. The van der Waals surface area contributed by atoms with Crippen LogP contribution in [0, 0.1) is 6.92 Å². The number of ether oxygens (including phenoxy) is 1. The van der Waals surface area contributed by atoms with Crippen molar-refractivity contribution in [3.63, 3.8) is 0 Å². The van der Waals surface area contributed by atoms with E-state index in [2.05, 4.69) is 15.0 Å². The molecule has 2 aromatic heterocycles. The molecule has 0 aliphatic carbocycles. The number of benzene rings is 2. The molecule has 0 amide bonds. The Morgan fingerprint density at radius 3 is 2.87 bits per heavy atom. The molecule has 2 heterocycles. The Morgan fingerprint density at radius 2 is 2.10 bits per heavy atom. The average Bonchev–Trinajstić information content (AvgIpc) is 3.10. The summed E-state index contributed by atoms with van der Waals surface area (Å²) in [5, 5.41) is 11.0. The van der Waals surface area contributed by atoms with E-state index >= 15 is 0 Å². The maximum atomic E-state index is 12.3. The van der Waals surface area contributed by atoms with Gasteiger partial charge in [0.15, 0.2) is 0 Å². The minimum Gasteiger partial charge on any atom is -0.494 e. The van der Waals surface area contributed by atoms with Crippen molar-refractivity contribution in [3.05, 3.63) is 74.4 Å². The number of nitrogens with one attached hydrogen (secondary N) is 1. The molecule has 0 atom stereocenters. The summed E-state index contributed by atoms with van der Waals surface area (Å²) in [5.41, 5.74) is 0.491. The number of aromatic nitrogens is 3. The van der Waals surface area contributed by atoms with Crippen LogP contribution in [0.15, 0.2) is 57.0 Å². The molecular formula is C21H18N4O4S. The minimum absolute atomic E-state index is 0.134. The molecule has 0 saturated heterocycles. The molecule has 0 spiro atoms. The molecule has 8 nitrogen and oxygen atoms in total. The molecule has 0 aliphatic heterocycles. The number of hydrogen-bond acceptors (Lipinski definition) is 7. The Balaban J connectivity index is 1.75. The largest absolute Gasteiger partial charge is 0.494 e. The third-order valence-electron chi connectivity index (χ3n) is 4.34. The molecule has 0 radical (unpaired) electrons. The van der Waals surface area contributed by atoms with Crippen molar-refractivity contribution >= 4 is 32.9 Å². The van der Waals surface area contributed by atoms with Gasteiger partial charge in [0.2, 0.25) is 11.0 Å². The lowest BCUT2D eigenvalue weighted by Crippen LogP contribution is -2.31. The molecule has 0 unspecified atom stereocenters. The van der Waals surface area contributed by atoms with Gasteiger partial charge in [-0.1, -0.05) is 23.5 Å². The molecule has 9 heteroatoms. The fourth-order valence-electron chi connectivity index (χ4n) is 2.99. The van der Waals surface area contributed by atoms with E-state index in [0.29, 0.717) is 17.4 Å². The highest BCUT2D eigenvalue weighted by molar-refractivity contribution is 7.22. The van der Waals surface area contributed by atoms with E-state index in [4.69, 9.17) is 4.74 Å². The second kappa shape index (κ2) is 7.96. The van der Waals surface area contributed by atoms with Crippen LogP contribution in [0.4, 0.5) is 5.13 Å². The van der Waals surface area contributed by atoms with Gasteiger partial charge in [0.25, 0.3) is 5.56 Å². The summed E-state index contributed by atoms with van der Waals surface area (Å²) in [4.78, 5) is 35.4. The summed E-state index contributed by atoms with van der Waals surface area (Å²) in [5.74, 6) is 0.251. The van der Waals surface area contributed by atoms with E-state index in [9.17, 15) is 14.7 Å². The van der Waals surface area contributed by atoms with Gasteiger partial charge in [-0.2, -0.15) is 0 Å². The van der Waals surface area contributed by atoms with Crippen LogP contribution in [0.25, 0.3) is 15.9 Å². The Kier molecular flexibility index (Phi) is 5.20. The number of aliphatic imine (C=N–C) groups is 1. The van der Waals surface area contributed by atoms with Crippen LogP contribution >= 0.6 is 11.3 Å². The van der Waals surface area contributed by atoms with Gasteiger partial charge in [-0.15, -0.1) is 0 Å². The van der Waals surface area contributed by atoms with Crippen molar-refractivity contribution in [2.45, 2.75) is 13.8 Å². The molecule has 2 N–H and O–H groups in total. The molecule has 4 aromatic rings. The van der Waals surface area contributed by atoms with Crippen molar-refractivity contribution in [1.29, 1.82) is 0 Å². The number of hydrogen-bond donors (Lipinski definition) is 2. The third-order valence-corrected chi connectivity index (χ3v) is 5.27. The molecule has 2 aromatic carbocycles. The smallest absolute Gasteiger partial charge is 0.335 e. The van der Waals surface area contributed by atoms with Crippen LogP contribution in [0.2, 0.25) is 0 Å². The highest BCUT2D eigenvalue weighted by Gasteiger charge is 2.14. The third kappa shape index (κ3) is 3.74. The van der Waals surface area contributed by atoms with E-state index in [1.165, 1.54) is 17.6 Å². The molecule has 0 saturated carbocycles. The number of thiazole rings is 1. The first kappa shape index (κ1) is 19.6. The number of rotatable bonds is 5. The number of aromatic amines is 1. The van der Waals surface area contributed by atoms with Crippen molar-refractivity contribution in [2.24, 2.45) is 4.99 Å². The van der Waals surface area contributed by atoms with Crippen molar-refractivity contribution in [1.82, 2.24) is 14.5 Å². The quantitative estimate of drug-likeness (QED) is 0.480. The Bertz CT molecular complexity index is 1380. The molecule has 0 aliphatic rings. The van der Waals surface area contributed by atoms with Gasteiger partial charge in [-0.25, -0.2) is 19.3 Å². The lowest BCUT2D eigenvalue weighted by molar-refractivity contribution is 0.341. The second-order valence-electron chi connectivity index (χ2n) is 6.49. The summed E-state index contributed by atoms with van der Waals surface area (Å²) in [7, 11) is 0. The predicted octanol–water partition coefficient (Wildman–Crippen LogP) is 3.30. The first-order chi connectivity index (χ1) is 14.5. The van der Waals surface area contributed by atoms with E-state index in [0.717, 1.165) is 26.1 Å². The zero-order chi connectivity index (χ0) is 21.3. The van der Waals surface area contributed by atoms with Gasteiger partial charge in [0, 0.05) is 6.21 Å². The molecule has 0 bridgehead atoms. The van der Waals surface area contributed by atoms with Crippen molar-refractivity contribution in [2.75, 3.05) is 6.61 Å². The first-order valence-electron chi connectivity index (χ1n) is 9.19. The molecular weight excluding hydrogens is 404 g/mol. The summed E-state index contributed by atoms with van der Waals surface area (Å²) in [6.07, 6.45) is 1.21. The monoisotopic (exact) mass is 422 g/mol. The van der Waals surface area contributed by atoms with Gasteiger partial charge in [0.05, 0.1) is 22.5 Å². The van der Waals surface area contributed by atoms with Crippen LogP contribution in [-0.2, 0) is 0 Å². The fourth-order valence-corrected chi connectivity index (χ4v) is 3.83. The maximum Gasteiger partial charge on any atom is 0.335 e. The SMILES string of the molecule is CCOc1ccc2nc(/N=C/c3c(O)n(-c4cccc(C)c4)c(=O)[nH]c3=O)sc2c1. The van der Waals surface area contributed by atoms with E-state index in [1.807, 2.05) is 38.1 Å². The maximum absolute atomic E-state index is 12.3. The molecule has 0 fully saturated rings. The second-order valence-corrected chi connectivity index (χ2v) is 7.50. The van der Waals surface area contributed by atoms with Crippen LogP contribution in [0.3, 0.4) is 0 Å².